The first kappa shape index (κ1) is 75.8. The van der Waals surface area contributed by atoms with Crippen LogP contribution in [0.1, 0.15) is 230 Å². The summed E-state index contributed by atoms with van der Waals surface area (Å²) in [7, 11) is 8.84. The Kier molecular flexibility index (Phi) is 37.1. The fourth-order valence-electron chi connectivity index (χ4n) is 9.13. The molecule has 74 heavy (non-hydrogen) atoms. The quantitative estimate of drug-likeness (QED) is 0.0653. The Morgan fingerprint density at radius 3 is 0.716 bits per heavy atom. The number of hydrogen-bond donors (Lipinski definition) is 0. The molecule has 0 fully saturated rings. The molecule has 0 aliphatic rings. The van der Waals surface area contributed by atoms with Crippen molar-refractivity contribution in [3.63, 3.8) is 0 Å². The molecule has 0 atom stereocenters. The molecule has 0 bridgehead atoms. The Bertz CT molecular complexity index is 2180. The zero-order chi connectivity index (χ0) is 52.9. The molecule has 0 amide bonds. The smallest absolute Gasteiger partial charge is 0 e. The zero-order valence-corrected chi connectivity index (χ0v) is 65.4. The second kappa shape index (κ2) is 36.2. The van der Waals surface area contributed by atoms with E-state index in [1.165, 1.54) is 67.3 Å². The minimum absolute atomic E-state index is 0. The Hall–Kier alpha value is -0.235. The van der Waals surface area contributed by atoms with Gasteiger partial charge in [0.25, 0.3) is 0 Å². The van der Waals surface area contributed by atoms with E-state index in [0.29, 0.717) is 47.3 Å². The van der Waals surface area contributed by atoms with Crippen LogP contribution in [0.4, 0.5) is 22.7 Å². The molecule has 4 aromatic carbocycles. The van der Waals surface area contributed by atoms with Gasteiger partial charge in [-0.05, 0) is 0 Å². The maximum Gasteiger partial charge on any atom is 0 e. The maximum absolute atomic E-state index is 5.23. The zero-order valence-electron chi connectivity index (χ0n) is 50.3. The fraction of sp³-hybridized carbons (Fsp3) is 0.516. The number of para-hydroxylation sites is 4. The second-order valence-electron chi connectivity index (χ2n) is 22.4. The van der Waals surface area contributed by atoms with Crippen LogP contribution in [0, 0.1) is 0 Å². The van der Waals surface area contributed by atoms with Crippen LogP contribution in [0.15, 0.2) is 106 Å². The van der Waals surface area contributed by atoms with Crippen LogP contribution in [0.2, 0.25) is 0 Å². The summed E-state index contributed by atoms with van der Waals surface area (Å²) in [5, 5.41) is 0. The molecule has 0 aliphatic heterocycles. The van der Waals surface area contributed by atoms with E-state index in [1.807, 2.05) is 0 Å². The van der Waals surface area contributed by atoms with Crippen molar-refractivity contribution in [3.05, 3.63) is 141 Å². The van der Waals surface area contributed by atoms with Crippen LogP contribution in [-0.4, -0.2) is 180 Å². The van der Waals surface area contributed by atoms with E-state index in [-0.39, 0.29) is 97.7 Å². The van der Waals surface area contributed by atoms with Gasteiger partial charge in [-0.25, -0.2) is 0 Å². The Morgan fingerprint density at radius 2 is 0.541 bits per heavy atom. The van der Waals surface area contributed by atoms with Crippen LogP contribution >= 0.6 is 0 Å². The minimum atomic E-state index is -0.894. The molecule has 4 aromatic rings. The predicted molar refractivity (Wildman–Crippen MR) is 338 cm³/mol. The van der Waals surface area contributed by atoms with E-state index < -0.39 is 35.8 Å². The van der Waals surface area contributed by atoms with Gasteiger partial charge in [-0.15, -0.1) is 0 Å². The first-order valence-electron chi connectivity index (χ1n) is 26.3. The average molecular weight is 1550 g/mol. The van der Waals surface area contributed by atoms with Crippen molar-refractivity contribution < 1.29 is 0 Å². The summed E-state index contributed by atoms with van der Waals surface area (Å²) in [6, 6.07) is 27.0. The molecule has 12 heteroatoms. The van der Waals surface area contributed by atoms with E-state index in [1.54, 1.807) is 0 Å². The van der Waals surface area contributed by atoms with Gasteiger partial charge in [0.2, 0.25) is 0 Å². The van der Waals surface area contributed by atoms with Gasteiger partial charge < -0.3 is 0 Å². The molecule has 0 saturated heterocycles. The number of rotatable bonds is 20. The van der Waals surface area contributed by atoms with Gasteiger partial charge in [-0.3, -0.25) is 0 Å². The van der Waals surface area contributed by atoms with Crippen LogP contribution in [-0.2, 0) is 0 Å². The summed E-state index contributed by atoms with van der Waals surface area (Å²) >= 11 is -1.79. The van der Waals surface area contributed by atoms with Crippen molar-refractivity contribution in [1.82, 2.24) is 7.21 Å². The standard InChI is InChI=1S/2C29H41N2.2C2H6N.2Ga.4Sb/c2*1-18(2)24-13-11-14-25(19(3)4)28(24)30-22(9)17-23(10)31-29-26(20(5)6)15-12-16-27(29)21(7)8;2*1-3-2;;;;;;/h2*11-21H,1-10H3;2*1-2H3;;;;;;/q4*-1;2*+2;;;;/b2*22-17-,31-23?;;;;;;;;. The van der Waals surface area contributed by atoms with Gasteiger partial charge >= 0.3 is 449 Å². The van der Waals surface area contributed by atoms with Crippen LogP contribution in [0.25, 0.3) is 0 Å². The molecule has 0 N–H and O–H groups in total. The summed E-state index contributed by atoms with van der Waals surface area (Å²) < 4.78 is 10.1. The monoisotopic (exact) mass is 1540 g/mol. The summed E-state index contributed by atoms with van der Waals surface area (Å²) in [5.74, 6) is 3.65. The summed E-state index contributed by atoms with van der Waals surface area (Å²) in [5.41, 5.74) is 20.9. The molecule has 0 heterocycles. The van der Waals surface area contributed by atoms with E-state index >= 15 is 0 Å². The Labute approximate surface area is 540 Å². The third-order valence-corrected chi connectivity index (χ3v) is 18.4. The number of hydrogen-bond acceptors (Lipinski definition) is 6. The summed E-state index contributed by atoms with van der Waals surface area (Å²) in [6.45, 7) is 45.4. The molecule has 14 radical (unpaired) electrons. The molecule has 4 rings (SSSR count). The molecule has 0 aliphatic carbocycles. The van der Waals surface area contributed by atoms with Gasteiger partial charge in [0, 0.05) is 97.7 Å². The molecule has 398 valence electrons. The van der Waals surface area contributed by atoms with Gasteiger partial charge in [-0.1, -0.05) is 0 Å². The van der Waals surface area contributed by atoms with Crippen LogP contribution < -0.4 is 7.21 Å². The van der Waals surface area contributed by atoms with Crippen molar-refractivity contribution >= 4 is 168 Å². The number of benzene rings is 4. The minimum Gasteiger partial charge on any atom is 0 e. The van der Waals surface area contributed by atoms with Gasteiger partial charge in [0.15, 0.2) is 0 Å². The molecule has 6 nitrogen and oxygen atoms in total. The van der Waals surface area contributed by atoms with Crippen molar-refractivity contribution in [2.24, 2.45) is 9.98 Å². The van der Waals surface area contributed by atoms with E-state index in [9.17, 15) is 0 Å². The molecule has 0 unspecified atom stereocenters. The SMILES string of the molecule is CC(/C=C(/C)[N]([Ga][N](C)C)c1c(C(C)C)cccc1C(C)C)=Nc1c(C(C)C)cccc1C(C)C.CC(/C=C(/C)[N]([Ga][N](C)C)c1c(C(C)C)cccc1C(C)C)=Nc1c(C(C)C)cccc1C(C)C.[Sb].[Sb].[Sb].[Sb]. The predicted octanol–water partition coefficient (Wildman–Crippen LogP) is 16.0. The van der Waals surface area contributed by atoms with Gasteiger partial charge in [-0.2, -0.15) is 0 Å². The van der Waals surface area contributed by atoms with Crippen molar-refractivity contribution in [2.45, 2.75) is 186 Å². The third kappa shape index (κ3) is 22.0. The van der Waals surface area contributed by atoms with E-state index in [0.717, 1.165) is 22.8 Å². The Balaban J connectivity index is 0. The first-order valence-corrected chi connectivity index (χ1v) is 30.6. The molecule has 0 spiro atoms. The maximum atomic E-state index is 5.23. The number of aliphatic imine (C=N–C) groups is 2. The molecular weight excluding hydrogens is 1460 g/mol. The van der Waals surface area contributed by atoms with Crippen LogP contribution in [0.5, 0.6) is 0 Å². The first-order chi connectivity index (χ1) is 32.7. The van der Waals surface area contributed by atoms with Crippen molar-refractivity contribution in [2.75, 3.05) is 35.4 Å². The summed E-state index contributed by atoms with van der Waals surface area (Å²) in [4.78, 5) is 10.5. The van der Waals surface area contributed by atoms with Crippen LogP contribution in [0.3, 0.4) is 0 Å². The van der Waals surface area contributed by atoms with Crippen molar-refractivity contribution in [1.29, 1.82) is 0 Å². The van der Waals surface area contributed by atoms with E-state index in [2.05, 4.69) is 266 Å². The second-order valence-corrected chi connectivity index (χ2v) is 29.8. The number of nitrogens with zero attached hydrogens (tertiary/aromatic N) is 6. The summed E-state index contributed by atoms with van der Waals surface area (Å²) in [6.07, 6.45) is 4.59. The molecule has 0 saturated carbocycles. The van der Waals surface area contributed by atoms with Gasteiger partial charge in [0.05, 0.1) is 0 Å². The molecular formula is C62H94Ga2N6Sb4. The average Bonchev–Trinajstić information content (AvgIpc) is 3.26. The van der Waals surface area contributed by atoms with Crippen molar-refractivity contribution in [3.8, 4) is 0 Å². The largest absolute Gasteiger partial charge is 0 e. The topological polar surface area (TPSA) is 37.7 Å². The number of anilines is 2. The van der Waals surface area contributed by atoms with Gasteiger partial charge in [0.1, 0.15) is 0 Å². The number of allylic oxidation sites excluding steroid dienone is 4. The van der Waals surface area contributed by atoms with E-state index in [4.69, 9.17) is 9.98 Å². The fourth-order valence-corrected chi connectivity index (χ4v) is 13.9. The molecule has 0 aromatic heterocycles. The Morgan fingerprint density at radius 1 is 0.351 bits per heavy atom. The normalized spacial score (nSPS) is 12.4. The third-order valence-electron chi connectivity index (χ3n) is 12.7.